The van der Waals surface area contributed by atoms with Crippen LogP contribution < -0.4 is 0 Å². The standard InChI is InChI=1S/C8H9BrS/c1-2-3-4-8-5-7(9)6-10-8/h3-6H,2H2,1H3/b4-3+. The van der Waals surface area contributed by atoms with E-state index >= 15 is 0 Å². The Kier molecular flexibility index (Phi) is 3.16. The van der Waals surface area contributed by atoms with E-state index in [0.717, 1.165) is 6.42 Å². The van der Waals surface area contributed by atoms with Gasteiger partial charge in [0.1, 0.15) is 0 Å². The molecule has 2 heteroatoms. The van der Waals surface area contributed by atoms with Crippen LogP contribution in [0.15, 0.2) is 22.0 Å². The van der Waals surface area contributed by atoms with E-state index in [0.29, 0.717) is 0 Å². The highest BCUT2D eigenvalue weighted by Crippen LogP contribution is 2.20. The zero-order chi connectivity index (χ0) is 7.40. The van der Waals surface area contributed by atoms with E-state index < -0.39 is 0 Å². The molecule has 1 aromatic rings. The number of hydrogen-bond acceptors (Lipinski definition) is 1. The van der Waals surface area contributed by atoms with Gasteiger partial charge < -0.3 is 0 Å². The molecule has 0 aliphatic heterocycles. The Hall–Kier alpha value is -0.0800. The van der Waals surface area contributed by atoms with Gasteiger partial charge in [-0.25, -0.2) is 0 Å². The highest BCUT2D eigenvalue weighted by Gasteiger charge is 1.90. The topological polar surface area (TPSA) is 0 Å². The molecule has 54 valence electrons. The molecule has 0 radical (unpaired) electrons. The first-order valence-electron chi connectivity index (χ1n) is 3.23. The van der Waals surface area contributed by atoms with Gasteiger partial charge in [-0.05, 0) is 34.5 Å². The molecule has 0 saturated heterocycles. The van der Waals surface area contributed by atoms with Gasteiger partial charge in [0.25, 0.3) is 0 Å². The molecule has 0 N–H and O–H groups in total. The number of allylic oxidation sites excluding steroid dienone is 1. The van der Waals surface area contributed by atoms with Crippen LogP contribution >= 0.6 is 27.3 Å². The van der Waals surface area contributed by atoms with Gasteiger partial charge in [0.2, 0.25) is 0 Å². The summed E-state index contributed by atoms with van der Waals surface area (Å²) in [5, 5.41) is 2.09. The van der Waals surface area contributed by atoms with Gasteiger partial charge in [0.15, 0.2) is 0 Å². The zero-order valence-corrected chi connectivity index (χ0v) is 8.21. The van der Waals surface area contributed by atoms with Crippen LogP contribution in [0.1, 0.15) is 18.2 Å². The molecule has 0 spiro atoms. The van der Waals surface area contributed by atoms with Gasteiger partial charge in [-0.3, -0.25) is 0 Å². The minimum atomic E-state index is 1.11. The van der Waals surface area contributed by atoms with Crippen LogP contribution in [0.3, 0.4) is 0 Å². The van der Waals surface area contributed by atoms with E-state index in [9.17, 15) is 0 Å². The molecule has 10 heavy (non-hydrogen) atoms. The third-order valence-electron chi connectivity index (χ3n) is 1.11. The fourth-order valence-electron chi connectivity index (χ4n) is 0.650. The van der Waals surface area contributed by atoms with Gasteiger partial charge in [-0.15, -0.1) is 11.3 Å². The third-order valence-corrected chi connectivity index (χ3v) is 2.76. The van der Waals surface area contributed by atoms with E-state index in [1.807, 2.05) is 0 Å². The number of rotatable bonds is 2. The predicted molar refractivity (Wildman–Crippen MR) is 51.3 cm³/mol. The first kappa shape index (κ1) is 8.02. The van der Waals surface area contributed by atoms with Crippen molar-refractivity contribution in [2.45, 2.75) is 13.3 Å². The van der Waals surface area contributed by atoms with Crippen LogP contribution in [0, 0.1) is 0 Å². The summed E-state index contributed by atoms with van der Waals surface area (Å²) in [7, 11) is 0. The first-order chi connectivity index (χ1) is 4.83. The van der Waals surface area contributed by atoms with Crippen LogP contribution in [0.5, 0.6) is 0 Å². The Labute approximate surface area is 73.7 Å². The van der Waals surface area contributed by atoms with Crippen molar-refractivity contribution >= 4 is 33.3 Å². The number of hydrogen-bond donors (Lipinski definition) is 0. The fraction of sp³-hybridized carbons (Fsp3) is 0.250. The molecule has 0 aliphatic rings. The molecule has 1 heterocycles. The lowest BCUT2D eigenvalue weighted by Crippen LogP contribution is -1.55. The molecule has 0 amide bonds. The average Bonchev–Trinajstić information content (AvgIpc) is 2.31. The third kappa shape index (κ3) is 2.27. The van der Waals surface area contributed by atoms with Crippen molar-refractivity contribution in [2.75, 3.05) is 0 Å². The smallest absolute Gasteiger partial charge is 0.0288 e. The maximum absolute atomic E-state index is 3.40. The monoisotopic (exact) mass is 216 g/mol. The fourth-order valence-corrected chi connectivity index (χ4v) is 2.01. The summed E-state index contributed by atoms with van der Waals surface area (Å²) in [6.07, 6.45) is 5.42. The van der Waals surface area contributed by atoms with Crippen LogP contribution in [0.25, 0.3) is 6.08 Å². The Bertz CT molecular complexity index is 225. The van der Waals surface area contributed by atoms with Crippen molar-refractivity contribution in [2.24, 2.45) is 0 Å². The Balaban J connectivity index is 2.67. The van der Waals surface area contributed by atoms with E-state index in [4.69, 9.17) is 0 Å². The van der Waals surface area contributed by atoms with Gasteiger partial charge in [-0.1, -0.05) is 13.0 Å². The largest absolute Gasteiger partial charge is 0.143 e. The molecule has 0 bridgehead atoms. The van der Waals surface area contributed by atoms with Crippen molar-refractivity contribution in [1.82, 2.24) is 0 Å². The number of halogens is 1. The van der Waals surface area contributed by atoms with Crippen LogP contribution in [0.2, 0.25) is 0 Å². The minimum absolute atomic E-state index is 1.11. The van der Waals surface area contributed by atoms with Crippen molar-refractivity contribution < 1.29 is 0 Å². The minimum Gasteiger partial charge on any atom is -0.143 e. The maximum atomic E-state index is 3.40. The summed E-state index contributed by atoms with van der Waals surface area (Å²) in [5.74, 6) is 0. The zero-order valence-electron chi connectivity index (χ0n) is 5.80. The molecule has 1 aromatic heterocycles. The van der Waals surface area contributed by atoms with Crippen molar-refractivity contribution in [3.05, 3.63) is 26.9 Å². The predicted octanol–water partition coefficient (Wildman–Crippen LogP) is 3.93. The van der Waals surface area contributed by atoms with E-state index in [2.05, 4.69) is 46.5 Å². The molecular weight excluding hydrogens is 208 g/mol. The van der Waals surface area contributed by atoms with Crippen LogP contribution in [0.4, 0.5) is 0 Å². The molecule has 0 aromatic carbocycles. The first-order valence-corrected chi connectivity index (χ1v) is 4.90. The quantitative estimate of drug-likeness (QED) is 0.703. The Morgan fingerprint density at radius 2 is 2.50 bits per heavy atom. The van der Waals surface area contributed by atoms with Gasteiger partial charge in [-0.2, -0.15) is 0 Å². The van der Waals surface area contributed by atoms with Gasteiger partial charge in [0, 0.05) is 14.7 Å². The lowest BCUT2D eigenvalue weighted by Gasteiger charge is -1.79. The highest BCUT2D eigenvalue weighted by molar-refractivity contribution is 9.10. The molecule has 0 nitrogen and oxygen atoms in total. The SMILES string of the molecule is CC/C=C/c1cc(Br)cs1. The molecule has 0 unspecified atom stereocenters. The summed E-state index contributed by atoms with van der Waals surface area (Å²) < 4.78 is 1.17. The van der Waals surface area contributed by atoms with Gasteiger partial charge >= 0.3 is 0 Å². The van der Waals surface area contributed by atoms with Crippen LogP contribution in [-0.2, 0) is 0 Å². The van der Waals surface area contributed by atoms with E-state index in [1.54, 1.807) is 11.3 Å². The number of thiophene rings is 1. The summed E-state index contributed by atoms with van der Waals surface area (Å²) in [6.45, 7) is 2.14. The molecule has 0 aliphatic carbocycles. The normalized spacial score (nSPS) is 11.0. The van der Waals surface area contributed by atoms with Gasteiger partial charge in [0.05, 0.1) is 0 Å². The lowest BCUT2D eigenvalue weighted by molar-refractivity contribution is 1.23. The molecule has 0 atom stereocenters. The summed E-state index contributed by atoms with van der Waals surface area (Å²) in [5.41, 5.74) is 0. The van der Waals surface area contributed by atoms with Crippen molar-refractivity contribution in [3.63, 3.8) is 0 Å². The summed E-state index contributed by atoms with van der Waals surface area (Å²) in [6, 6.07) is 2.12. The maximum Gasteiger partial charge on any atom is 0.0288 e. The second-order valence-electron chi connectivity index (χ2n) is 1.98. The second-order valence-corrected chi connectivity index (χ2v) is 3.84. The lowest BCUT2D eigenvalue weighted by atomic mass is 10.4. The van der Waals surface area contributed by atoms with E-state index in [-0.39, 0.29) is 0 Å². The average molecular weight is 217 g/mol. The summed E-state index contributed by atoms with van der Waals surface area (Å²) >= 11 is 5.16. The van der Waals surface area contributed by atoms with Crippen LogP contribution in [-0.4, -0.2) is 0 Å². The molecule has 0 fully saturated rings. The van der Waals surface area contributed by atoms with E-state index in [1.165, 1.54) is 9.35 Å². The Morgan fingerprint density at radius 3 is 3.00 bits per heavy atom. The molecule has 0 saturated carbocycles. The molecular formula is C8H9BrS. The van der Waals surface area contributed by atoms with Crippen molar-refractivity contribution in [3.8, 4) is 0 Å². The summed E-state index contributed by atoms with van der Waals surface area (Å²) in [4.78, 5) is 1.31. The molecule has 1 rings (SSSR count). The highest BCUT2D eigenvalue weighted by atomic mass is 79.9. The second kappa shape index (κ2) is 3.94. The Morgan fingerprint density at radius 1 is 1.70 bits per heavy atom. The van der Waals surface area contributed by atoms with Crippen molar-refractivity contribution in [1.29, 1.82) is 0 Å².